The van der Waals surface area contributed by atoms with Gasteiger partial charge in [-0.15, -0.1) is 0 Å². The summed E-state index contributed by atoms with van der Waals surface area (Å²) in [7, 11) is 1.72. The molecular formula is C25H29ClN4O3. The minimum Gasteiger partial charge on any atom is -0.448 e. The maximum atomic E-state index is 9.79. The Kier molecular flexibility index (Phi) is 6.29. The first-order chi connectivity index (χ1) is 16.0. The van der Waals surface area contributed by atoms with Crippen molar-refractivity contribution in [3.63, 3.8) is 0 Å². The molecule has 0 bridgehead atoms. The van der Waals surface area contributed by atoms with E-state index in [9.17, 15) is 5.11 Å². The van der Waals surface area contributed by atoms with Gasteiger partial charge in [0.2, 0.25) is 0 Å². The zero-order chi connectivity index (χ0) is 22.9. The molecule has 0 amide bonds. The van der Waals surface area contributed by atoms with E-state index in [0.29, 0.717) is 10.9 Å². The number of pyridine rings is 1. The summed E-state index contributed by atoms with van der Waals surface area (Å²) in [6, 6.07) is 3.98. The molecule has 33 heavy (non-hydrogen) atoms. The smallest absolute Gasteiger partial charge is 0.197 e. The number of hydrogen-bond acceptors (Lipinski definition) is 6. The molecule has 3 aromatic heterocycles. The third-order valence-electron chi connectivity index (χ3n) is 6.37. The van der Waals surface area contributed by atoms with E-state index in [-0.39, 0.29) is 12.2 Å². The van der Waals surface area contributed by atoms with E-state index in [1.54, 1.807) is 13.4 Å². The number of rotatable bonds is 6. The van der Waals surface area contributed by atoms with Crippen LogP contribution in [-0.4, -0.2) is 51.8 Å². The Bertz CT molecular complexity index is 1200. The van der Waals surface area contributed by atoms with Crippen molar-refractivity contribution >= 4 is 23.1 Å². The quantitative estimate of drug-likeness (QED) is 0.542. The van der Waals surface area contributed by atoms with Crippen LogP contribution in [0.4, 0.5) is 5.88 Å². The number of fused-ring (bicyclic) bond motifs is 1. The molecular weight excluding hydrogens is 440 g/mol. The topological polar surface area (TPSA) is 75.2 Å². The second-order valence-electron chi connectivity index (χ2n) is 8.80. The number of aliphatic hydroxyl groups is 1. The van der Waals surface area contributed by atoms with Crippen LogP contribution in [0.1, 0.15) is 30.5 Å². The highest BCUT2D eigenvalue weighted by Gasteiger charge is 2.20. The number of ether oxygens (including phenoxy) is 1. The van der Waals surface area contributed by atoms with Crippen LogP contribution in [0.25, 0.3) is 16.9 Å². The Hall–Kier alpha value is -2.58. The molecule has 0 saturated carbocycles. The van der Waals surface area contributed by atoms with Gasteiger partial charge in [0.1, 0.15) is 6.26 Å². The van der Waals surface area contributed by atoms with Gasteiger partial charge < -0.3 is 19.6 Å². The summed E-state index contributed by atoms with van der Waals surface area (Å²) in [5.41, 5.74) is 5.63. The zero-order valence-corrected chi connectivity index (χ0v) is 19.7. The highest BCUT2D eigenvalue weighted by molar-refractivity contribution is 6.33. The number of likely N-dealkylation sites (tertiary alicyclic amines) is 1. The minimum absolute atomic E-state index is 0.123. The van der Waals surface area contributed by atoms with Gasteiger partial charge in [-0.25, -0.2) is 4.98 Å². The zero-order valence-electron chi connectivity index (χ0n) is 18.9. The number of aromatic nitrogens is 2. The number of methoxy groups -OCH3 is 1. The fourth-order valence-electron chi connectivity index (χ4n) is 4.58. The Morgan fingerprint density at radius 3 is 2.85 bits per heavy atom. The van der Waals surface area contributed by atoms with Crippen LogP contribution >= 0.6 is 11.6 Å². The van der Waals surface area contributed by atoms with E-state index < -0.39 is 0 Å². The summed E-state index contributed by atoms with van der Waals surface area (Å²) in [6.07, 6.45) is 12.4. The number of nitrogens with one attached hydrogen (secondary N) is 1. The number of allylic oxidation sites excluding steroid dienone is 1. The Morgan fingerprint density at radius 1 is 1.30 bits per heavy atom. The summed E-state index contributed by atoms with van der Waals surface area (Å²) < 4.78 is 13.2. The van der Waals surface area contributed by atoms with Gasteiger partial charge in [0.05, 0.1) is 28.6 Å². The van der Waals surface area contributed by atoms with Gasteiger partial charge in [-0.2, -0.15) is 0 Å². The number of aliphatic hydroxyl groups excluding tert-OH is 1. The van der Waals surface area contributed by atoms with Crippen molar-refractivity contribution in [3.05, 3.63) is 64.8 Å². The maximum absolute atomic E-state index is 9.79. The van der Waals surface area contributed by atoms with Gasteiger partial charge in [-0.3, -0.25) is 9.30 Å². The average Bonchev–Trinajstić information content (AvgIpc) is 3.39. The standard InChI is InChI=1S/C25H29ClN4O3/c1-16-24(18-12-23(33-15-18)28-19-3-5-21(32-2)6-4-19)30-14-17(11-22(26)25(30)27-16)13-29-9-7-20(31)8-10-29/h3-5,11-12,14-15,20-21,28,31H,6-10,13H2,1-2H3. The highest BCUT2D eigenvalue weighted by atomic mass is 35.5. The van der Waals surface area contributed by atoms with E-state index in [1.807, 2.05) is 31.2 Å². The average molecular weight is 469 g/mol. The van der Waals surface area contributed by atoms with Crippen LogP contribution in [0.2, 0.25) is 5.02 Å². The second kappa shape index (κ2) is 9.35. The van der Waals surface area contributed by atoms with Crippen molar-refractivity contribution in [3.8, 4) is 11.3 Å². The number of piperidine rings is 1. The lowest BCUT2D eigenvalue weighted by Crippen LogP contribution is -2.35. The van der Waals surface area contributed by atoms with E-state index in [4.69, 9.17) is 25.7 Å². The Balaban J connectivity index is 1.40. The molecule has 174 valence electrons. The number of furan rings is 1. The SMILES string of the molecule is COC1C=CC(Nc2cc(-c3c(C)nc4c(Cl)cc(CN5CCC(O)CC5)cn34)co2)=CC1. The van der Waals surface area contributed by atoms with E-state index >= 15 is 0 Å². The van der Waals surface area contributed by atoms with Gasteiger partial charge in [0.15, 0.2) is 11.5 Å². The third kappa shape index (κ3) is 4.73. The monoisotopic (exact) mass is 468 g/mol. The minimum atomic E-state index is -0.180. The Morgan fingerprint density at radius 2 is 2.12 bits per heavy atom. The second-order valence-corrected chi connectivity index (χ2v) is 9.20. The molecule has 0 radical (unpaired) electrons. The molecule has 5 rings (SSSR count). The molecule has 0 aromatic carbocycles. The summed E-state index contributed by atoms with van der Waals surface area (Å²) in [5, 5.41) is 13.7. The van der Waals surface area contributed by atoms with Crippen LogP contribution in [0.15, 0.2) is 52.9 Å². The number of hydrogen-bond donors (Lipinski definition) is 2. The lowest BCUT2D eigenvalue weighted by Gasteiger charge is -2.29. The van der Waals surface area contributed by atoms with Crippen molar-refractivity contribution in [2.45, 2.75) is 44.9 Å². The number of aryl methyl sites for hydroxylation is 1. The number of imidazole rings is 1. The van der Waals surface area contributed by atoms with Crippen molar-refractivity contribution in [1.29, 1.82) is 0 Å². The summed E-state index contributed by atoms with van der Waals surface area (Å²) in [6.45, 7) is 4.56. The van der Waals surface area contributed by atoms with Crippen molar-refractivity contribution in [1.82, 2.24) is 14.3 Å². The molecule has 1 aliphatic carbocycles. The largest absolute Gasteiger partial charge is 0.448 e. The van der Waals surface area contributed by atoms with Gasteiger partial charge in [0, 0.05) is 50.3 Å². The lowest BCUT2D eigenvalue weighted by atomic mass is 10.1. The first-order valence-corrected chi connectivity index (χ1v) is 11.7. The predicted molar refractivity (Wildman–Crippen MR) is 129 cm³/mol. The summed E-state index contributed by atoms with van der Waals surface area (Å²) in [4.78, 5) is 7.07. The first-order valence-electron chi connectivity index (χ1n) is 11.3. The van der Waals surface area contributed by atoms with E-state index in [0.717, 1.165) is 72.8 Å². The molecule has 2 aliphatic rings. The van der Waals surface area contributed by atoms with Gasteiger partial charge in [0.25, 0.3) is 0 Å². The van der Waals surface area contributed by atoms with Crippen molar-refractivity contribution in [2.24, 2.45) is 0 Å². The fourth-order valence-corrected chi connectivity index (χ4v) is 4.85. The molecule has 1 aliphatic heterocycles. The van der Waals surface area contributed by atoms with Crippen LogP contribution in [0, 0.1) is 6.92 Å². The van der Waals surface area contributed by atoms with Gasteiger partial charge in [-0.1, -0.05) is 23.8 Å². The summed E-state index contributed by atoms with van der Waals surface area (Å²) in [5.74, 6) is 0.667. The van der Waals surface area contributed by atoms with E-state index in [2.05, 4.69) is 26.9 Å². The molecule has 4 heterocycles. The highest BCUT2D eigenvalue weighted by Crippen LogP contribution is 2.32. The van der Waals surface area contributed by atoms with Crippen molar-refractivity contribution in [2.75, 3.05) is 25.5 Å². The molecule has 3 aromatic rings. The van der Waals surface area contributed by atoms with Gasteiger partial charge >= 0.3 is 0 Å². The predicted octanol–water partition coefficient (Wildman–Crippen LogP) is 4.78. The maximum Gasteiger partial charge on any atom is 0.197 e. The molecule has 7 nitrogen and oxygen atoms in total. The number of anilines is 1. The normalized spacial score (nSPS) is 19.9. The van der Waals surface area contributed by atoms with Crippen LogP contribution in [0.3, 0.4) is 0 Å². The molecule has 1 atom stereocenters. The number of nitrogens with zero attached hydrogens (tertiary/aromatic N) is 3. The molecule has 1 saturated heterocycles. The molecule has 1 unspecified atom stereocenters. The summed E-state index contributed by atoms with van der Waals surface area (Å²) >= 11 is 6.63. The molecule has 0 spiro atoms. The van der Waals surface area contributed by atoms with Crippen molar-refractivity contribution < 1.29 is 14.3 Å². The molecule has 8 heteroatoms. The fraction of sp³-hybridized carbons (Fsp3) is 0.400. The van der Waals surface area contributed by atoms with Crippen LogP contribution < -0.4 is 5.32 Å². The lowest BCUT2D eigenvalue weighted by molar-refractivity contribution is 0.0792. The first kappa shape index (κ1) is 22.2. The molecule has 2 N–H and O–H groups in total. The third-order valence-corrected chi connectivity index (χ3v) is 6.65. The molecule has 1 fully saturated rings. The van der Waals surface area contributed by atoms with E-state index in [1.165, 1.54) is 0 Å². The Labute approximate surface area is 198 Å². The van der Waals surface area contributed by atoms with Crippen LogP contribution in [-0.2, 0) is 11.3 Å². The van der Waals surface area contributed by atoms with Gasteiger partial charge in [-0.05, 0) is 43.9 Å². The number of halogens is 1. The van der Waals surface area contributed by atoms with Crippen LogP contribution in [0.5, 0.6) is 0 Å².